The molecule has 0 N–H and O–H groups in total. The Morgan fingerprint density at radius 1 is 0.727 bits per heavy atom. The summed E-state index contributed by atoms with van der Waals surface area (Å²) in [5.74, 6) is -15.4. The van der Waals surface area contributed by atoms with E-state index in [1.807, 2.05) is 0 Å². The maximum Gasteiger partial charge on any atom is 0.380 e. The van der Waals surface area contributed by atoms with Crippen molar-refractivity contribution >= 4 is 16.9 Å². The average Bonchev–Trinajstić information content (AvgIpc) is 3.29. The van der Waals surface area contributed by atoms with E-state index in [1.165, 1.54) is 17.4 Å². The van der Waals surface area contributed by atoms with Gasteiger partial charge in [0.05, 0.1) is 0 Å². The fraction of sp³-hybridized carbons (Fsp3) is 0.538. The summed E-state index contributed by atoms with van der Waals surface area (Å²) in [6.07, 6.45) is 4.56. The monoisotopic (exact) mass is 480 g/mol. The molecule has 174 valence electrons. The van der Waals surface area contributed by atoms with Crippen molar-refractivity contribution in [1.29, 1.82) is 0 Å². The molecule has 4 saturated carbocycles. The molecule has 6 aliphatic carbocycles. The molecular formula is C26H22F6S. The van der Waals surface area contributed by atoms with E-state index in [-0.39, 0.29) is 17.4 Å². The highest BCUT2D eigenvalue weighted by molar-refractivity contribution is 7.10. The number of benzene rings is 1. The summed E-state index contributed by atoms with van der Waals surface area (Å²) in [6, 6.07) is 9.81. The molecule has 8 rings (SSSR count). The van der Waals surface area contributed by atoms with Crippen molar-refractivity contribution in [3.05, 3.63) is 63.4 Å². The van der Waals surface area contributed by atoms with Crippen molar-refractivity contribution < 1.29 is 26.3 Å². The van der Waals surface area contributed by atoms with E-state index < -0.39 is 40.2 Å². The van der Waals surface area contributed by atoms with Crippen molar-refractivity contribution in [2.24, 2.45) is 23.7 Å². The Morgan fingerprint density at radius 2 is 1.33 bits per heavy atom. The van der Waals surface area contributed by atoms with Gasteiger partial charge in [-0.1, -0.05) is 30.3 Å². The van der Waals surface area contributed by atoms with Gasteiger partial charge in [-0.15, -0.1) is 11.3 Å². The van der Waals surface area contributed by atoms with Gasteiger partial charge in [0.1, 0.15) is 0 Å². The second-order valence-electron chi connectivity index (χ2n) is 10.8. The maximum atomic E-state index is 15.6. The lowest BCUT2D eigenvalue weighted by atomic mass is 9.39. The molecule has 0 radical (unpaired) electrons. The molecule has 1 atom stereocenters. The Labute approximate surface area is 191 Å². The molecular weight excluding hydrogens is 458 g/mol. The fourth-order valence-electron chi connectivity index (χ4n) is 8.59. The van der Waals surface area contributed by atoms with Gasteiger partial charge in [0.2, 0.25) is 0 Å². The molecule has 0 amide bonds. The number of alkyl halides is 6. The van der Waals surface area contributed by atoms with Crippen LogP contribution in [0, 0.1) is 23.7 Å². The van der Waals surface area contributed by atoms with Crippen molar-refractivity contribution in [3.8, 4) is 0 Å². The molecule has 4 bridgehead atoms. The molecule has 0 unspecified atom stereocenters. The summed E-state index contributed by atoms with van der Waals surface area (Å²) in [7, 11) is 0. The van der Waals surface area contributed by atoms with Crippen LogP contribution in [-0.4, -0.2) is 17.8 Å². The first-order chi connectivity index (χ1) is 15.6. The highest BCUT2D eigenvalue weighted by Crippen LogP contribution is 2.76. The van der Waals surface area contributed by atoms with Gasteiger partial charge in [0, 0.05) is 27.4 Å². The van der Waals surface area contributed by atoms with Crippen LogP contribution in [0.4, 0.5) is 26.3 Å². The molecule has 0 aliphatic heterocycles. The minimum absolute atomic E-state index is 0.0315. The Bertz CT molecular complexity index is 1150. The lowest BCUT2D eigenvalue weighted by Crippen LogP contribution is -2.60. The van der Waals surface area contributed by atoms with Gasteiger partial charge in [0.15, 0.2) is 0 Å². The van der Waals surface area contributed by atoms with E-state index >= 15 is 17.6 Å². The van der Waals surface area contributed by atoms with E-state index in [0.29, 0.717) is 22.3 Å². The molecule has 1 spiro atoms. The molecule has 7 heteroatoms. The predicted molar refractivity (Wildman–Crippen MR) is 114 cm³/mol. The van der Waals surface area contributed by atoms with Crippen LogP contribution in [0.15, 0.2) is 47.4 Å². The predicted octanol–water partition coefficient (Wildman–Crippen LogP) is 7.91. The van der Waals surface area contributed by atoms with Gasteiger partial charge in [0.25, 0.3) is 0 Å². The van der Waals surface area contributed by atoms with Crippen LogP contribution in [-0.2, 0) is 5.41 Å². The lowest BCUT2D eigenvalue weighted by molar-refractivity contribution is -0.261. The largest absolute Gasteiger partial charge is 0.380 e. The number of fused-ring (bicyclic) bond motifs is 2. The number of hydrogen-bond donors (Lipinski definition) is 0. The van der Waals surface area contributed by atoms with Crippen molar-refractivity contribution in [3.63, 3.8) is 0 Å². The average molecular weight is 481 g/mol. The third kappa shape index (κ3) is 2.14. The van der Waals surface area contributed by atoms with Gasteiger partial charge in [-0.25, -0.2) is 0 Å². The zero-order valence-corrected chi connectivity index (χ0v) is 18.5. The summed E-state index contributed by atoms with van der Waals surface area (Å²) in [5, 5.41) is 1.63. The first-order valence-electron chi connectivity index (χ1n) is 11.6. The topological polar surface area (TPSA) is 0 Å². The first kappa shape index (κ1) is 20.6. The number of halogens is 6. The summed E-state index contributed by atoms with van der Waals surface area (Å²) in [5.41, 5.74) is -2.60. The van der Waals surface area contributed by atoms with Gasteiger partial charge in [-0.05, 0) is 78.3 Å². The number of allylic oxidation sites excluding steroid dienone is 2. The number of thiophene rings is 1. The van der Waals surface area contributed by atoms with Crippen LogP contribution < -0.4 is 0 Å². The SMILES string of the molecule is FC1(F)C2=C([C@@H](c3ccccc3)C3(c4sccc42)C2CC4CC(C2)CC3C4)C(F)(F)C1(F)F. The molecule has 1 aromatic carbocycles. The van der Waals surface area contributed by atoms with Crippen LogP contribution >= 0.6 is 11.3 Å². The quantitative estimate of drug-likeness (QED) is 0.364. The van der Waals surface area contributed by atoms with E-state index in [0.717, 1.165) is 32.1 Å². The zero-order valence-electron chi connectivity index (χ0n) is 17.6. The molecule has 33 heavy (non-hydrogen) atoms. The van der Waals surface area contributed by atoms with Crippen LogP contribution in [0.2, 0.25) is 0 Å². The minimum atomic E-state index is -5.46. The maximum absolute atomic E-state index is 15.6. The Balaban J connectivity index is 1.60. The van der Waals surface area contributed by atoms with E-state index in [9.17, 15) is 8.78 Å². The van der Waals surface area contributed by atoms with Gasteiger partial charge in [-0.2, -0.15) is 26.3 Å². The third-order valence-corrected chi connectivity index (χ3v) is 10.5. The Kier molecular flexibility index (Phi) is 3.79. The summed E-state index contributed by atoms with van der Waals surface area (Å²) < 4.78 is 91.4. The van der Waals surface area contributed by atoms with Gasteiger partial charge >= 0.3 is 17.8 Å². The molecule has 2 aromatic rings. The lowest BCUT2D eigenvalue weighted by Gasteiger charge is -2.65. The summed E-state index contributed by atoms with van der Waals surface area (Å²) in [4.78, 5) is 0.636. The second kappa shape index (κ2) is 6.07. The second-order valence-corrected chi connectivity index (χ2v) is 11.7. The number of hydrogen-bond acceptors (Lipinski definition) is 1. The molecule has 6 aliphatic rings. The fourth-order valence-corrected chi connectivity index (χ4v) is 9.89. The highest BCUT2D eigenvalue weighted by atomic mass is 32.1. The van der Waals surface area contributed by atoms with E-state index in [4.69, 9.17) is 0 Å². The smallest absolute Gasteiger partial charge is 0.194 e. The van der Waals surface area contributed by atoms with E-state index in [2.05, 4.69) is 0 Å². The summed E-state index contributed by atoms with van der Waals surface area (Å²) >= 11 is 1.29. The van der Waals surface area contributed by atoms with Crippen LogP contribution in [0.25, 0.3) is 5.57 Å². The molecule has 1 aromatic heterocycles. The van der Waals surface area contributed by atoms with Crippen LogP contribution in [0.3, 0.4) is 0 Å². The van der Waals surface area contributed by atoms with Crippen molar-refractivity contribution in [1.82, 2.24) is 0 Å². The standard InChI is InChI=1S/C26H22F6S/c27-24(28)20-18-6-7-33-22(18)23(16-9-13-8-14(11-16)12-17(23)10-13)19(15-4-2-1-3-5-15)21(20)25(29,30)26(24,31)32/h1-7,13-14,16-17,19H,8-12H2/t13?,14?,16?,17?,19-,23?/m1/s1. The van der Waals surface area contributed by atoms with E-state index in [1.54, 1.807) is 35.7 Å². The third-order valence-electron chi connectivity index (χ3n) is 9.43. The normalized spacial score (nSPS) is 40.8. The van der Waals surface area contributed by atoms with Crippen molar-refractivity contribution in [2.45, 2.75) is 61.2 Å². The molecule has 0 nitrogen and oxygen atoms in total. The first-order valence-corrected chi connectivity index (χ1v) is 12.5. The van der Waals surface area contributed by atoms with Gasteiger partial charge < -0.3 is 0 Å². The zero-order chi connectivity index (χ0) is 23.0. The Morgan fingerprint density at radius 3 is 1.94 bits per heavy atom. The highest BCUT2D eigenvalue weighted by Gasteiger charge is 2.83. The molecule has 1 heterocycles. The Hall–Kier alpha value is -1.76. The minimum Gasteiger partial charge on any atom is -0.194 e. The van der Waals surface area contributed by atoms with Gasteiger partial charge in [-0.3, -0.25) is 0 Å². The van der Waals surface area contributed by atoms with Crippen LogP contribution in [0.5, 0.6) is 0 Å². The molecule has 0 saturated heterocycles. The summed E-state index contributed by atoms with van der Waals surface area (Å²) in [6.45, 7) is 0. The molecule has 4 fully saturated rings. The van der Waals surface area contributed by atoms with Crippen molar-refractivity contribution in [2.75, 3.05) is 0 Å². The number of rotatable bonds is 1. The van der Waals surface area contributed by atoms with Crippen LogP contribution in [0.1, 0.15) is 54.0 Å².